The Bertz CT molecular complexity index is 442. The monoisotopic (exact) mass is 311 g/mol. The SMILES string of the molecule is CCCc1ncc(C(=O)NCCCN2CCC(O)CC2)s1. The number of aliphatic hydroxyl groups is 1. The number of aromatic nitrogens is 1. The van der Waals surface area contributed by atoms with Crippen molar-refractivity contribution in [1.82, 2.24) is 15.2 Å². The number of amides is 1. The molecule has 1 aromatic rings. The molecule has 2 heterocycles. The zero-order valence-corrected chi connectivity index (χ0v) is 13.5. The lowest BCUT2D eigenvalue weighted by molar-refractivity contribution is 0.0816. The maximum absolute atomic E-state index is 12.0. The summed E-state index contributed by atoms with van der Waals surface area (Å²) in [6.07, 6.45) is 6.24. The van der Waals surface area contributed by atoms with Gasteiger partial charge in [0, 0.05) is 19.6 Å². The van der Waals surface area contributed by atoms with Crippen molar-refractivity contribution in [3.8, 4) is 0 Å². The van der Waals surface area contributed by atoms with Crippen LogP contribution in [0.15, 0.2) is 6.20 Å². The summed E-state index contributed by atoms with van der Waals surface area (Å²) in [5, 5.41) is 13.4. The van der Waals surface area contributed by atoms with E-state index in [1.165, 1.54) is 11.3 Å². The van der Waals surface area contributed by atoms with Gasteiger partial charge in [0.05, 0.1) is 17.3 Å². The predicted molar refractivity (Wildman–Crippen MR) is 84.7 cm³/mol. The number of nitrogens with one attached hydrogen (secondary N) is 1. The van der Waals surface area contributed by atoms with Crippen molar-refractivity contribution in [3.05, 3.63) is 16.1 Å². The van der Waals surface area contributed by atoms with E-state index in [9.17, 15) is 9.90 Å². The molecule has 1 saturated heterocycles. The first-order valence-corrected chi connectivity index (χ1v) is 8.64. The van der Waals surface area contributed by atoms with E-state index in [1.807, 2.05) is 0 Å². The molecule has 0 bridgehead atoms. The number of thiazole rings is 1. The quantitative estimate of drug-likeness (QED) is 0.752. The number of carbonyl (C=O) groups excluding carboxylic acids is 1. The van der Waals surface area contributed by atoms with Gasteiger partial charge in [-0.3, -0.25) is 4.79 Å². The van der Waals surface area contributed by atoms with Crippen LogP contribution in [0.25, 0.3) is 0 Å². The summed E-state index contributed by atoms with van der Waals surface area (Å²) in [7, 11) is 0. The van der Waals surface area contributed by atoms with Crippen LogP contribution in [-0.2, 0) is 6.42 Å². The fourth-order valence-corrected chi connectivity index (χ4v) is 3.42. The van der Waals surface area contributed by atoms with Crippen molar-refractivity contribution in [1.29, 1.82) is 0 Å². The number of hydrogen-bond acceptors (Lipinski definition) is 5. The zero-order valence-electron chi connectivity index (χ0n) is 12.7. The van der Waals surface area contributed by atoms with E-state index in [4.69, 9.17) is 0 Å². The average molecular weight is 311 g/mol. The van der Waals surface area contributed by atoms with E-state index in [0.717, 1.165) is 56.7 Å². The van der Waals surface area contributed by atoms with Crippen LogP contribution in [0.4, 0.5) is 0 Å². The molecule has 0 saturated carbocycles. The van der Waals surface area contributed by atoms with Crippen LogP contribution in [0.2, 0.25) is 0 Å². The maximum Gasteiger partial charge on any atom is 0.263 e. The van der Waals surface area contributed by atoms with Crippen LogP contribution in [0.5, 0.6) is 0 Å². The van der Waals surface area contributed by atoms with Crippen LogP contribution < -0.4 is 5.32 Å². The van der Waals surface area contributed by atoms with Crippen molar-refractivity contribution >= 4 is 17.2 Å². The molecule has 5 nitrogen and oxygen atoms in total. The summed E-state index contributed by atoms with van der Waals surface area (Å²) in [6, 6.07) is 0. The van der Waals surface area contributed by atoms with E-state index in [-0.39, 0.29) is 12.0 Å². The van der Waals surface area contributed by atoms with Gasteiger partial charge >= 0.3 is 0 Å². The number of aryl methyl sites for hydroxylation is 1. The van der Waals surface area contributed by atoms with Gasteiger partial charge < -0.3 is 15.3 Å². The van der Waals surface area contributed by atoms with Crippen molar-refractivity contribution in [3.63, 3.8) is 0 Å². The minimum absolute atomic E-state index is 0.0103. The molecular weight excluding hydrogens is 286 g/mol. The smallest absolute Gasteiger partial charge is 0.263 e. The van der Waals surface area contributed by atoms with Gasteiger partial charge in [0.25, 0.3) is 5.91 Å². The number of nitrogens with zero attached hydrogens (tertiary/aromatic N) is 2. The highest BCUT2D eigenvalue weighted by molar-refractivity contribution is 7.13. The number of hydrogen-bond donors (Lipinski definition) is 2. The summed E-state index contributed by atoms with van der Waals surface area (Å²) in [6.45, 7) is 5.71. The molecule has 1 aliphatic heterocycles. The molecule has 1 amide bonds. The molecule has 1 aromatic heterocycles. The highest BCUT2D eigenvalue weighted by atomic mass is 32.1. The lowest BCUT2D eigenvalue weighted by Crippen LogP contribution is -2.37. The fourth-order valence-electron chi connectivity index (χ4n) is 2.48. The van der Waals surface area contributed by atoms with Crippen molar-refractivity contribution in [2.24, 2.45) is 0 Å². The Balaban J connectivity index is 1.62. The highest BCUT2D eigenvalue weighted by Gasteiger charge is 2.16. The standard InChI is InChI=1S/C15H25N3O2S/c1-2-4-14-17-11-13(21-14)15(20)16-7-3-8-18-9-5-12(19)6-10-18/h11-12,19H,2-10H2,1H3,(H,16,20). The van der Waals surface area contributed by atoms with Crippen molar-refractivity contribution < 1.29 is 9.90 Å². The lowest BCUT2D eigenvalue weighted by Gasteiger charge is -2.29. The van der Waals surface area contributed by atoms with E-state index in [0.29, 0.717) is 11.4 Å². The van der Waals surface area contributed by atoms with E-state index >= 15 is 0 Å². The number of aliphatic hydroxyl groups excluding tert-OH is 1. The molecule has 0 aromatic carbocycles. The minimum atomic E-state index is -0.121. The molecule has 2 N–H and O–H groups in total. The first-order chi connectivity index (χ1) is 10.2. The Kier molecular flexibility index (Phi) is 6.60. The van der Waals surface area contributed by atoms with Crippen LogP contribution >= 0.6 is 11.3 Å². The van der Waals surface area contributed by atoms with Crippen molar-refractivity contribution in [2.75, 3.05) is 26.2 Å². The molecule has 2 rings (SSSR count). The number of likely N-dealkylation sites (tertiary alicyclic amines) is 1. The van der Waals surface area contributed by atoms with Gasteiger partial charge in [-0.1, -0.05) is 6.92 Å². The van der Waals surface area contributed by atoms with Gasteiger partial charge in [0.2, 0.25) is 0 Å². The minimum Gasteiger partial charge on any atom is -0.393 e. The predicted octanol–water partition coefficient (Wildman–Crippen LogP) is 1.67. The summed E-state index contributed by atoms with van der Waals surface area (Å²) >= 11 is 1.49. The maximum atomic E-state index is 12.0. The molecule has 0 aliphatic carbocycles. The summed E-state index contributed by atoms with van der Waals surface area (Å²) in [5.74, 6) is -0.0103. The molecular formula is C15H25N3O2S. The van der Waals surface area contributed by atoms with E-state index < -0.39 is 0 Å². The van der Waals surface area contributed by atoms with Crippen LogP contribution in [0, 0.1) is 0 Å². The molecule has 21 heavy (non-hydrogen) atoms. The number of piperidine rings is 1. The third-order valence-electron chi connectivity index (χ3n) is 3.73. The van der Waals surface area contributed by atoms with Gasteiger partial charge in [-0.05, 0) is 38.6 Å². The first kappa shape index (κ1) is 16.4. The second-order valence-electron chi connectivity index (χ2n) is 5.55. The van der Waals surface area contributed by atoms with E-state index in [2.05, 4.69) is 22.1 Å². The molecule has 0 atom stereocenters. The number of rotatable bonds is 7. The molecule has 0 spiro atoms. The Morgan fingerprint density at radius 3 is 3.00 bits per heavy atom. The van der Waals surface area contributed by atoms with Crippen molar-refractivity contribution in [2.45, 2.75) is 45.1 Å². The Morgan fingerprint density at radius 2 is 2.29 bits per heavy atom. The second-order valence-corrected chi connectivity index (χ2v) is 6.67. The fraction of sp³-hybridized carbons (Fsp3) is 0.733. The summed E-state index contributed by atoms with van der Waals surface area (Å²) in [5.41, 5.74) is 0. The third-order valence-corrected chi connectivity index (χ3v) is 4.79. The molecule has 0 radical (unpaired) electrons. The Hall–Kier alpha value is -0.980. The summed E-state index contributed by atoms with van der Waals surface area (Å²) in [4.78, 5) is 19.3. The largest absolute Gasteiger partial charge is 0.393 e. The normalized spacial score (nSPS) is 17.0. The average Bonchev–Trinajstić information content (AvgIpc) is 2.94. The van der Waals surface area contributed by atoms with Gasteiger partial charge in [0.1, 0.15) is 4.88 Å². The highest BCUT2D eigenvalue weighted by Crippen LogP contribution is 2.14. The second kappa shape index (κ2) is 8.46. The molecule has 0 unspecified atom stereocenters. The first-order valence-electron chi connectivity index (χ1n) is 7.82. The van der Waals surface area contributed by atoms with Gasteiger partial charge in [-0.25, -0.2) is 4.98 Å². The van der Waals surface area contributed by atoms with Crippen LogP contribution in [-0.4, -0.2) is 53.2 Å². The topological polar surface area (TPSA) is 65.5 Å². The molecule has 1 fully saturated rings. The summed E-state index contributed by atoms with van der Waals surface area (Å²) < 4.78 is 0. The number of carbonyl (C=O) groups is 1. The van der Waals surface area contributed by atoms with Gasteiger partial charge in [0.15, 0.2) is 0 Å². The van der Waals surface area contributed by atoms with Gasteiger partial charge in [-0.15, -0.1) is 11.3 Å². The third kappa shape index (κ3) is 5.37. The van der Waals surface area contributed by atoms with Crippen LogP contribution in [0.1, 0.15) is 47.3 Å². The van der Waals surface area contributed by atoms with E-state index in [1.54, 1.807) is 6.20 Å². The molecule has 118 valence electrons. The lowest BCUT2D eigenvalue weighted by atomic mass is 10.1. The van der Waals surface area contributed by atoms with Gasteiger partial charge in [-0.2, -0.15) is 0 Å². The molecule has 1 aliphatic rings. The Morgan fingerprint density at radius 1 is 1.52 bits per heavy atom. The molecule has 6 heteroatoms. The Labute approximate surface area is 130 Å². The zero-order chi connectivity index (χ0) is 15.1. The van der Waals surface area contributed by atoms with Crippen LogP contribution in [0.3, 0.4) is 0 Å².